The molecular formula is C21H43NO. The van der Waals surface area contributed by atoms with Crippen molar-refractivity contribution in [3.8, 4) is 0 Å². The molecule has 0 N–H and O–H groups in total. The summed E-state index contributed by atoms with van der Waals surface area (Å²) in [6.45, 7) is 15.3. The largest absolute Gasteiger partial charge is 0.342 e. The zero-order valence-electron chi connectivity index (χ0n) is 16.9. The van der Waals surface area contributed by atoms with Crippen molar-refractivity contribution in [1.82, 2.24) is 4.90 Å². The number of unbranched alkanes of at least 4 members (excludes halogenated alkanes) is 2. The van der Waals surface area contributed by atoms with Crippen molar-refractivity contribution in [2.24, 2.45) is 17.8 Å². The summed E-state index contributed by atoms with van der Waals surface area (Å²) in [4.78, 5) is 14.9. The van der Waals surface area contributed by atoms with Gasteiger partial charge in [0.1, 0.15) is 0 Å². The molecule has 0 aliphatic carbocycles. The van der Waals surface area contributed by atoms with Crippen molar-refractivity contribution in [2.75, 3.05) is 13.1 Å². The second-order valence-electron chi connectivity index (χ2n) is 7.73. The van der Waals surface area contributed by atoms with Gasteiger partial charge in [0.15, 0.2) is 0 Å². The third-order valence-electron chi connectivity index (χ3n) is 4.98. The Labute approximate surface area is 146 Å². The van der Waals surface area contributed by atoms with Crippen molar-refractivity contribution in [3.05, 3.63) is 0 Å². The first-order chi connectivity index (χ1) is 11.0. The molecule has 2 unspecified atom stereocenters. The summed E-state index contributed by atoms with van der Waals surface area (Å²) in [7, 11) is 0. The smallest absolute Gasteiger partial charge is 0.222 e. The first-order valence-electron chi connectivity index (χ1n) is 10.3. The van der Waals surface area contributed by atoms with Gasteiger partial charge in [0, 0.05) is 19.5 Å². The fraction of sp³-hybridized carbons (Fsp3) is 0.952. The molecule has 0 aromatic carbocycles. The molecular weight excluding hydrogens is 282 g/mol. The van der Waals surface area contributed by atoms with E-state index >= 15 is 0 Å². The average molecular weight is 326 g/mol. The summed E-state index contributed by atoms with van der Waals surface area (Å²) >= 11 is 0. The molecule has 0 aromatic rings. The van der Waals surface area contributed by atoms with Crippen molar-refractivity contribution in [1.29, 1.82) is 0 Å². The molecule has 0 heterocycles. The monoisotopic (exact) mass is 325 g/mol. The van der Waals surface area contributed by atoms with Gasteiger partial charge in [-0.05, 0) is 30.6 Å². The zero-order valence-corrected chi connectivity index (χ0v) is 16.9. The van der Waals surface area contributed by atoms with E-state index < -0.39 is 0 Å². The number of amides is 1. The predicted molar refractivity (Wildman–Crippen MR) is 103 cm³/mol. The van der Waals surface area contributed by atoms with Gasteiger partial charge in [-0.1, -0.05) is 80.1 Å². The molecule has 2 heteroatoms. The van der Waals surface area contributed by atoms with Gasteiger partial charge < -0.3 is 4.90 Å². The van der Waals surface area contributed by atoms with Crippen molar-refractivity contribution >= 4 is 5.91 Å². The normalized spacial score (nSPS) is 14.0. The van der Waals surface area contributed by atoms with Crippen LogP contribution in [0.5, 0.6) is 0 Å². The molecule has 0 aliphatic rings. The van der Waals surface area contributed by atoms with Gasteiger partial charge in [-0.3, -0.25) is 4.79 Å². The van der Waals surface area contributed by atoms with Crippen molar-refractivity contribution < 1.29 is 4.79 Å². The third kappa shape index (κ3) is 10.8. The van der Waals surface area contributed by atoms with Crippen molar-refractivity contribution in [2.45, 2.75) is 99.3 Å². The van der Waals surface area contributed by atoms with Gasteiger partial charge in [-0.2, -0.15) is 0 Å². The first-order valence-corrected chi connectivity index (χ1v) is 10.3. The van der Waals surface area contributed by atoms with Crippen molar-refractivity contribution in [3.63, 3.8) is 0 Å². The highest BCUT2D eigenvalue weighted by atomic mass is 16.2. The molecule has 0 spiro atoms. The number of carbonyl (C=O) groups is 1. The summed E-state index contributed by atoms with van der Waals surface area (Å²) < 4.78 is 0. The number of carbonyl (C=O) groups excluding carboxylic acids is 1. The van der Waals surface area contributed by atoms with Crippen LogP contribution in [-0.2, 0) is 4.79 Å². The van der Waals surface area contributed by atoms with E-state index in [0.29, 0.717) is 30.1 Å². The Kier molecular flexibility index (Phi) is 13.5. The van der Waals surface area contributed by atoms with E-state index in [1.54, 1.807) is 0 Å². The van der Waals surface area contributed by atoms with E-state index in [9.17, 15) is 4.79 Å². The quantitative estimate of drug-likeness (QED) is 0.367. The lowest BCUT2D eigenvalue weighted by atomic mass is 9.95. The Balaban J connectivity index is 4.80. The molecule has 0 fully saturated rings. The molecule has 0 rings (SSSR count). The number of rotatable bonds is 14. The highest BCUT2D eigenvalue weighted by Crippen LogP contribution is 2.20. The summed E-state index contributed by atoms with van der Waals surface area (Å²) in [5, 5.41) is 0. The van der Waals surface area contributed by atoms with Crippen LogP contribution in [0.1, 0.15) is 99.3 Å². The molecule has 0 radical (unpaired) electrons. The second kappa shape index (κ2) is 13.9. The molecule has 0 aromatic heterocycles. The maximum absolute atomic E-state index is 12.7. The summed E-state index contributed by atoms with van der Waals surface area (Å²) in [6, 6.07) is 0. The van der Waals surface area contributed by atoms with E-state index in [0.717, 1.165) is 13.1 Å². The molecule has 0 saturated heterocycles. The highest BCUT2D eigenvalue weighted by molar-refractivity contribution is 5.76. The van der Waals surface area contributed by atoms with Crippen LogP contribution in [0.15, 0.2) is 0 Å². The Morgan fingerprint density at radius 2 is 1.26 bits per heavy atom. The van der Waals surface area contributed by atoms with E-state index in [1.807, 2.05) is 0 Å². The fourth-order valence-electron chi connectivity index (χ4n) is 3.21. The number of hydrogen-bond acceptors (Lipinski definition) is 1. The standard InChI is InChI=1S/C21H43NO/c1-7-11-13-19(9-3)16-22(21(23)15-18(5)6)17-20(10-4)14-12-8-2/h18-20H,7-17H2,1-6H3. The van der Waals surface area contributed by atoms with Crippen LogP contribution in [0.25, 0.3) is 0 Å². The van der Waals surface area contributed by atoms with E-state index in [4.69, 9.17) is 0 Å². The van der Waals surface area contributed by atoms with E-state index in [1.165, 1.54) is 51.4 Å². The van der Waals surface area contributed by atoms with Crippen LogP contribution >= 0.6 is 0 Å². The predicted octanol–water partition coefficient (Wildman–Crippen LogP) is 6.29. The molecule has 0 bridgehead atoms. The molecule has 1 amide bonds. The van der Waals surface area contributed by atoms with Gasteiger partial charge in [-0.15, -0.1) is 0 Å². The molecule has 2 atom stereocenters. The molecule has 23 heavy (non-hydrogen) atoms. The summed E-state index contributed by atoms with van der Waals surface area (Å²) in [5.74, 6) is 2.19. The van der Waals surface area contributed by atoms with Crippen LogP contribution in [0.3, 0.4) is 0 Å². The van der Waals surface area contributed by atoms with E-state index in [2.05, 4.69) is 46.4 Å². The first kappa shape index (κ1) is 22.5. The second-order valence-corrected chi connectivity index (χ2v) is 7.73. The van der Waals surface area contributed by atoms with Gasteiger partial charge in [0.2, 0.25) is 5.91 Å². The lowest BCUT2D eigenvalue weighted by Crippen LogP contribution is -2.39. The third-order valence-corrected chi connectivity index (χ3v) is 4.98. The zero-order chi connectivity index (χ0) is 17.7. The van der Waals surface area contributed by atoms with Crippen LogP contribution in [-0.4, -0.2) is 23.9 Å². The van der Waals surface area contributed by atoms with Gasteiger partial charge >= 0.3 is 0 Å². The minimum absolute atomic E-state index is 0.380. The molecule has 0 saturated carbocycles. The summed E-state index contributed by atoms with van der Waals surface area (Å²) in [5.41, 5.74) is 0. The summed E-state index contributed by atoms with van der Waals surface area (Å²) in [6.07, 6.45) is 10.7. The highest BCUT2D eigenvalue weighted by Gasteiger charge is 2.21. The minimum atomic E-state index is 0.380. The van der Waals surface area contributed by atoms with Crippen LogP contribution < -0.4 is 0 Å². The maximum Gasteiger partial charge on any atom is 0.222 e. The Hall–Kier alpha value is -0.530. The Morgan fingerprint density at radius 1 is 0.826 bits per heavy atom. The minimum Gasteiger partial charge on any atom is -0.342 e. The molecule has 0 aliphatic heterocycles. The lowest BCUT2D eigenvalue weighted by molar-refractivity contribution is -0.133. The van der Waals surface area contributed by atoms with E-state index in [-0.39, 0.29) is 0 Å². The van der Waals surface area contributed by atoms with Gasteiger partial charge in [0.05, 0.1) is 0 Å². The molecule has 2 nitrogen and oxygen atoms in total. The van der Waals surface area contributed by atoms with Crippen LogP contribution in [0.4, 0.5) is 0 Å². The van der Waals surface area contributed by atoms with Crippen LogP contribution in [0.2, 0.25) is 0 Å². The van der Waals surface area contributed by atoms with Gasteiger partial charge in [0.25, 0.3) is 0 Å². The maximum atomic E-state index is 12.7. The fourth-order valence-corrected chi connectivity index (χ4v) is 3.21. The Morgan fingerprint density at radius 3 is 1.57 bits per heavy atom. The number of nitrogens with zero attached hydrogens (tertiary/aromatic N) is 1. The topological polar surface area (TPSA) is 20.3 Å². The SMILES string of the molecule is CCCCC(CC)CN(CC(CC)CCCC)C(=O)CC(C)C. The lowest BCUT2D eigenvalue weighted by Gasteiger charge is -2.31. The molecule has 138 valence electrons. The number of hydrogen-bond donors (Lipinski definition) is 0. The Bertz CT molecular complexity index is 270. The van der Waals surface area contributed by atoms with Gasteiger partial charge in [-0.25, -0.2) is 0 Å². The average Bonchev–Trinajstić information content (AvgIpc) is 2.52. The van der Waals surface area contributed by atoms with Crippen LogP contribution in [0, 0.1) is 17.8 Å².